The van der Waals surface area contributed by atoms with Gasteiger partial charge in [-0.05, 0) is 49.8 Å². The number of halogens is 1. The third-order valence-corrected chi connectivity index (χ3v) is 5.80. The van der Waals surface area contributed by atoms with Crippen LogP contribution in [-0.4, -0.2) is 56.1 Å². The van der Waals surface area contributed by atoms with Crippen molar-refractivity contribution in [2.45, 2.75) is 33.4 Å². The Morgan fingerprint density at radius 3 is 2.53 bits per heavy atom. The Labute approximate surface area is 194 Å². The summed E-state index contributed by atoms with van der Waals surface area (Å²) in [5.41, 5.74) is 1.74. The van der Waals surface area contributed by atoms with Crippen molar-refractivity contribution in [1.29, 1.82) is 0 Å². The summed E-state index contributed by atoms with van der Waals surface area (Å²) in [7, 11) is 1.61. The third-order valence-electron chi connectivity index (χ3n) is 5.59. The molecule has 2 aromatic rings. The molecule has 2 amide bonds. The summed E-state index contributed by atoms with van der Waals surface area (Å²) < 4.78 is 11.1. The number of amides is 2. The average Bonchev–Trinajstić information content (AvgIpc) is 2.80. The summed E-state index contributed by atoms with van der Waals surface area (Å²) in [5, 5.41) is 3.31. The van der Waals surface area contributed by atoms with Crippen LogP contribution in [0.4, 0.5) is 5.69 Å². The number of carbonyl (C=O) groups is 2. The number of rotatable bonds is 9. The number of fused-ring (bicyclic) bond motifs is 1. The molecule has 8 heteroatoms. The Hall–Kier alpha value is -2.77. The first-order chi connectivity index (χ1) is 15.4. The zero-order chi connectivity index (χ0) is 23.3. The fourth-order valence-corrected chi connectivity index (χ4v) is 3.89. The number of carbonyl (C=O) groups excluding carboxylic acids is 2. The van der Waals surface area contributed by atoms with Gasteiger partial charge in [0.25, 0.3) is 11.8 Å². The van der Waals surface area contributed by atoms with E-state index in [4.69, 9.17) is 21.1 Å². The lowest BCUT2D eigenvalue weighted by Crippen LogP contribution is -2.44. The molecule has 0 aromatic heterocycles. The highest BCUT2D eigenvalue weighted by Gasteiger charge is 2.35. The molecule has 7 nitrogen and oxygen atoms in total. The molecule has 2 aromatic carbocycles. The number of methoxy groups -OCH3 is 1. The lowest BCUT2D eigenvalue weighted by atomic mass is 10.1. The molecule has 1 aliphatic rings. The third kappa shape index (κ3) is 5.34. The molecule has 1 heterocycles. The fraction of sp³-hybridized carbons (Fsp3) is 0.417. The summed E-state index contributed by atoms with van der Waals surface area (Å²) >= 11 is 6.35. The van der Waals surface area contributed by atoms with Crippen molar-refractivity contribution < 1.29 is 19.1 Å². The van der Waals surface area contributed by atoms with Gasteiger partial charge >= 0.3 is 0 Å². The summed E-state index contributed by atoms with van der Waals surface area (Å²) in [5.74, 6) is 0.642. The van der Waals surface area contributed by atoms with Crippen LogP contribution in [0.25, 0.3) is 0 Å². The first-order valence-corrected chi connectivity index (χ1v) is 11.2. The van der Waals surface area contributed by atoms with Crippen molar-refractivity contribution in [2.24, 2.45) is 0 Å². The molecule has 0 saturated carbocycles. The van der Waals surface area contributed by atoms with Gasteiger partial charge in [0.05, 0.1) is 24.9 Å². The molecular formula is C24H30ClN3O4. The standard InChI is InChI=1S/C24H30ClN3O4/c1-5-27(6-2)12-11-26-23(29)20-13-18(25)14-21-22(20)32-16(3)24(30)28(21)15-17-7-9-19(31-4)10-8-17/h7-10,13-14,16H,5-6,11-12,15H2,1-4H3,(H,26,29). The number of hydrogen-bond donors (Lipinski definition) is 1. The van der Waals surface area contributed by atoms with Gasteiger partial charge in [0.2, 0.25) is 0 Å². The average molecular weight is 460 g/mol. The van der Waals surface area contributed by atoms with Gasteiger partial charge in [-0.3, -0.25) is 9.59 Å². The zero-order valence-corrected chi connectivity index (χ0v) is 19.7. The lowest BCUT2D eigenvalue weighted by molar-refractivity contribution is -0.125. The van der Waals surface area contributed by atoms with E-state index < -0.39 is 6.10 Å². The highest BCUT2D eigenvalue weighted by molar-refractivity contribution is 6.31. The molecule has 1 unspecified atom stereocenters. The van der Waals surface area contributed by atoms with Crippen LogP contribution < -0.4 is 19.7 Å². The predicted molar refractivity (Wildman–Crippen MR) is 126 cm³/mol. The van der Waals surface area contributed by atoms with Gasteiger partial charge in [-0.15, -0.1) is 0 Å². The van der Waals surface area contributed by atoms with Crippen LogP contribution in [0.2, 0.25) is 5.02 Å². The van der Waals surface area contributed by atoms with Crippen LogP contribution in [0.1, 0.15) is 36.7 Å². The topological polar surface area (TPSA) is 71.1 Å². The minimum Gasteiger partial charge on any atom is -0.497 e. The Balaban J connectivity index is 1.87. The van der Waals surface area contributed by atoms with Gasteiger partial charge in [-0.25, -0.2) is 0 Å². The molecule has 32 heavy (non-hydrogen) atoms. The maximum absolute atomic E-state index is 13.0. The lowest BCUT2D eigenvalue weighted by Gasteiger charge is -2.34. The minimum absolute atomic E-state index is 0.191. The Morgan fingerprint density at radius 2 is 1.91 bits per heavy atom. The largest absolute Gasteiger partial charge is 0.497 e. The second kappa shape index (κ2) is 10.7. The van der Waals surface area contributed by atoms with Gasteiger partial charge in [0, 0.05) is 18.1 Å². The van der Waals surface area contributed by atoms with E-state index in [1.54, 1.807) is 31.1 Å². The molecular weight excluding hydrogens is 430 g/mol. The molecule has 0 bridgehead atoms. The van der Waals surface area contributed by atoms with Crippen molar-refractivity contribution >= 4 is 29.1 Å². The highest BCUT2D eigenvalue weighted by Crippen LogP contribution is 2.40. The number of nitrogens with one attached hydrogen (secondary N) is 1. The highest BCUT2D eigenvalue weighted by atomic mass is 35.5. The van der Waals surface area contributed by atoms with Crippen molar-refractivity contribution in [2.75, 3.05) is 38.2 Å². The summed E-state index contributed by atoms with van der Waals surface area (Å²) in [4.78, 5) is 29.8. The first kappa shape index (κ1) is 23.9. The maximum atomic E-state index is 13.0. The van der Waals surface area contributed by atoms with E-state index in [1.807, 2.05) is 24.3 Å². The molecule has 0 aliphatic carbocycles. The number of likely N-dealkylation sites (N-methyl/N-ethyl adjacent to an activating group) is 1. The SMILES string of the molecule is CCN(CC)CCNC(=O)c1cc(Cl)cc2c1OC(C)C(=O)N2Cc1ccc(OC)cc1. The van der Waals surface area contributed by atoms with Gasteiger partial charge in [0.1, 0.15) is 5.75 Å². The van der Waals surface area contributed by atoms with E-state index in [1.165, 1.54) is 0 Å². The van der Waals surface area contributed by atoms with Crippen LogP contribution in [0.3, 0.4) is 0 Å². The number of benzene rings is 2. The molecule has 172 valence electrons. The quantitative estimate of drug-likeness (QED) is 0.618. The molecule has 1 aliphatic heterocycles. The van der Waals surface area contributed by atoms with Gasteiger partial charge in [-0.2, -0.15) is 0 Å². The van der Waals surface area contributed by atoms with Gasteiger partial charge in [-0.1, -0.05) is 37.6 Å². The Bertz CT molecular complexity index is 960. The second-order valence-electron chi connectivity index (χ2n) is 7.62. The number of hydrogen-bond acceptors (Lipinski definition) is 5. The maximum Gasteiger partial charge on any atom is 0.268 e. The molecule has 0 saturated heterocycles. The van der Waals surface area contributed by atoms with E-state index in [9.17, 15) is 9.59 Å². The van der Waals surface area contributed by atoms with Crippen LogP contribution in [0.15, 0.2) is 36.4 Å². The Kier molecular flexibility index (Phi) is 7.99. The van der Waals surface area contributed by atoms with Crippen LogP contribution >= 0.6 is 11.6 Å². The normalized spacial score (nSPS) is 15.4. The van der Waals surface area contributed by atoms with E-state index >= 15 is 0 Å². The molecule has 0 spiro atoms. The molecule has 1 atom stereocenters. The molecule has 0 fully saturated rings. The summed E-state index contributed by atoms with van der Waals surface area (Å²) in [6.45, 7) is 9.27. The van der Waals surface area contributed by atoms with E-state index in [0.29, 0.717) is 35.1 Å². The van der Waals surface area contributed by atoms with E-state index in [2.05, 4.69) is 24.1 Å². The number of anilines is 1. The van der Waals surface area contributed by atoms with Crippen molar-refractivity contribution in [3.8, 4) is 11.5 Å². The number of nitrogens with zero attached hydrogens (tertiary/aromatic N) is 2. The van der Waals surface area contributed by atoms with Gasteiger partial charge in [0.15, 0.2) is 11.9 Å². The Morgan fingerprint density at radius 1 is 1.22 bits per heavy atom. The van der Waals surface area contributed by atoms with Gasteiger partial charge < -0.3 is 24.6 Å². The van der Waals surface area contributed by atoms with Crippen LogP contribution in [0.5, 0.6) is 11.5 Å². The van der Waals surface area contributed by atoms with Crippen LogP contribution in [0, 0.1) is 0 Å². The van der Waals surface area contributed by atoms with E-state index in [0.717, 1.165) is 30.9 Å². The van der Waals surface area contributed by atoms with Crippen LogP contribution in [-0.2, 0) is 11.3 Å². The zero-order valence-electron chi connectivity index (χ0n) is 19.0. The minimum atomic E-state index is -0.718. The second-order valence-corrected chi connectivity index (χ2v) is 8.05. The predicted octanol–water partition coefficient (Wildman–Crippen LogP) is 3.73. The molecule has 0 radical (unpaired) electrons. The van der Waals surface area contributed by atoms with Crippen molar-refractivity contribution in [3.63, 3.8) is 0 Å². The summed E-state index contributed by atoms with van der Waals surface area (Å²) in [6.07, 6.45) is -0.718. The smallest absolute Gasteiger partial charge is 0.268 e. The van der Waals surface area contributed by atoms with Crippen molar-refractivity contribution in [1.82, 2.24) is 10.2 Å². The molecule has 3 rings (SSSR count). The number of ether oxygens (including phenoxy) is 2. The summed E-state index contributed by atoms with van der Waals surface area (Å²) in [6, 6.07) is 10.7. The monoisotopic (exact) mass is 459 g/mol. The molecule has 1 N–H and O–H groups in total. The van der Waals surface area contributed by atoms with Crippen molar-refractivity contribution in [3.05, 3.63) is 52.5 Å². The van der Waals surface area contributed by atoms with E-state index in [-0.39, 0.29) is 11.8 Å². The fourth-order valence-electron chi connectivity index (χ4n) is 3.68. The first-order valence-electron chi connectivity index (χ1n) is 10.8.